The molecule has 1 aromatic carbocycles. The molecular formula is C15H19N5O. The molecule has 1 aromatic heterocycles. The van der Waals surface area contributed by atoms with E-state index in [2.05, 4.69) is 27.1 Å². The number of nitrogens with zero attached hydrogens (tertiary/aromatic N) is 4. The Morgan fingerprint density at radius 1 is 1.24 bits per heavy atom. The number of benzene rings is 1. The molecule has 0 spiro atoms. The Hall–Kier alpha value is -2.34. The summed E-state index contributed by atoms with van der Waals surface area (Å²) in [7, 11) is 0. The molecule has 0 saturated carbocycles. The highest BCUT2D eigenvalue weighted by Gasteiger charge is 2.10. The molecule has 110 valence electrons. The molecule has 1 aliphatic heterocycles. The molecular weight excluding hydrogens is 266 g/mol. The fourth-order valence-corrected chi connectivity index (χ4v) is 2.32. The van der Waals surface area contributed by atoms with Gasteiger partial charge in [-0.3, -0.25) is 0 Å². The summed E-state index contributed by atoms with van der Waals surface area (Å²) in [5.74, 6) is 0.397. The fraction of sp³-hybridized carbons (Fsp3) is 0.333. The van der Waals surface area contributed by atoms with Gasteiger partial charge in [0.1, 0.15) is 0 Å². The molecule has 0 unspecified atom stereocenters. The number of nitrogen functional groups attached to an aromatic ring is 1. The number of nitrogens with two attached hydrogens (primary N) is 1. The zero-order chi connectivity index (χ0) is 14.7. The van der Waals surface area contributed by atoms with E-state index in [1.165, 1.54) is 5.69 Å². The monoisotopic (exact) mass is 285 g/mol. The summed E-state index contributed by atoms with van der Waals surface area (Å²) < 4.78 is 6.94. The van der Waals surface area contributed by atoms with Crippen molar-refractivity contribution < 1.29 is 4.74 Å². The van der Waals surface area contributed by atoms with Gasteiger partial charge in [-0.15, -0.1) is 0 Å². The van der Waals surface area contributed by atoms with Crippen molar-refractivity contribution in [1.29, 1.82) is 0 Å². The van der Waals surface area contributed by atoms with Crippen LogP contribution in [-0.2, 0) is 4.74 Å². The van der Waals surface area contributed by atoms with Gasteiger partial charge in [-0.25, -0.2) is 9.66 Å². The van der Waals surface area contributed by atoms with E-state index in [1.54, 1.807) is 17.1 Å². The summed E-state index contributed by atoms with van der Waals surface area (Å²) in [6.45, 7) is 5.36. The van der Waals surface area contributed by atoms with Crippen LogP contribution in [0.5, 0.6) is 0 Å². The van der Waals surface area contributed by atoms with Gasteiger partial charge in [0.2, 0.25) is 5.95 Å². The molecule has 0 aliphatic carbocycles. The van der Waals surface area contributed by atoms with Crippen LogP contribution in [0.3, 0.4) is 0 Å². The third-order valence-corrected chi connectivity index (χ3v) is 3.44. The maximum atomic E-state index is 5.75. The highest BCUT2D eigenvalue weighted by Crippen LogP contribution is 2.16. The highest BCUT2D eigenvalue weighted by atomic mass is 16.5. The Morgan fingerprint density at radius 3 is 2.57 bits per heavy atom. The van der Waals surface area contributed by atoms with Gasteiger partial charge in [0.25, 0.3) is 0 Å². The molecule has 21 heavy (non-hydrogen) atoms. The van der Waals surface area contributed by atoms with Crippen molar-refractivity contribution in [2.24, 2.45) is 5.10 Å². The van der Waals surface area contributed by atoms with Crippen molar-refractivity contribution in [3.05, 3.63) is 41.7 Å². The van der Waals surface area contributed by atoms with Crippen LogP contribution in [-0.4, -0.2) is 42.2 Å². The quantitative estimate of drug-likeness (QED) is 0.868. The second-order valence-electron chi connectivity index (χ2n) is 5.02. The Morgan fingerprint density at radius 2 is 1.95 bits per heavy atom. The van der Waals surface area contributed by atoms with Gasteiger partial charge in [0.15, 0.2) is 0 Å². The lowest BCUT2D eigenvalue weighted by Gasteiger charge is -2.28. The number of anilines is 2. The van der Waals surface area contributed by atoms with Crippen molar-refractivity contribution in [1.82, 2.24) is 9.66 Å². The highest BCUT2D eigenvalue weighted by molar-refractivity contribution is 5.80. The molecule has 3 rings (SSSR count). The summed E-state index contributed by atoms with van der Waals surface area (Å²) in [5.41, 5.74) is 8.84. The molecule has 1 aliphatic rings. The van der Waals surface area contributed by atoms with Crippen LogP contribution in [0.4, 0.5) is 11.6 Å². The Balaban J connectivity index is 1.70. The normalized spacial score (nSPS) is 15.8. The van der Waals surface area contributed by atoms with Crippen LogP contribution in [0.15, 0.2) is 35.6 Å². The molecule has 2 aromatic rings. The number of morpholine rings is 1. The topological polar surface area (TPSA) is 68.7 Å². The molecule has 6 heteroatoms. The van der Waals surface area contributed by atoms with Gasteiger partial charge in [-0.1, -0.05) is 12.1 Å². The van der Waals surface area contributed by atoms with E-state index in [9.17, 15) is 0 Å². The van der Waals surface area contributed by atoms with E-state index in [0.717, 1.165) is 37.6 Å². The lowest BCUT2D eigenvalue weighted by Crippen LogP contribution is -2.36. The predicted octanol–water partition coefficient (Wildman–Crippen LogP) is 1.49. The van der Waals surface area contributed by atoms with Gasteiger partial charge < -0.3 is 15.4 Å². The third kappa shape index (κ3) is 3.22. The Labute approximate surface area is 123 Å². The van der Waals surface area contributed by atoms with E-state index >= 15 is 0 Å². The van der Waals surface area contributed by atoms with E-state index in [-0.39, 0.29) is 0 Å². The maximum absolute atomic E-state index is 5.75. The minimum atomic E-state index is 0.397. The predicted molar refractivity (Wildman–Crippen MR) is 83.8 cm³/mol. The first-order chi connectivity index (χ1) is 10.2. The first kappa shape index (κ1) is 13.6. The van der Waals surface area contributed by atoms with Crippen LogP contribution in [0.25, 0.3) is 0 Å². The van der Waals surface area contributed by atoms with Crippen LogP contribution in [0.1, 0.15) is 11.3 Å². The Kier molecular flexibility index (Phi) is 3.87. The van der Waals surface area contributed by atoms with Crippen LogP contribution < -0.4 is 10.6 Å². The number of hydrogen-bond acceptors (Lipinski definition) is 5. The van der Waals surface area contributed by atoms with Crippen LogP contribution in [0, 0.1) is 6.92 Å². The largest absolute Gasteiger partial charge is 0.378 e. The first-order valence-corrected chi connectivity index (χ1v) is 7.01. The van der Waals surface area contributed by atoms with Gasteiger partial charge in [-0.05, 0) is 24.6 Å². The number of hydrogen-bond donors (Lipinski definition) is 1. The molecule has 2 N–H and O–H groups in total. The van der Waals surface area contributed by atoms with Crippen molar-refractivity contribution >= 4 is 17.9 Å². The number of rotatable bonds is 3. The molecule has 6 nitrogen and oxygen atoms in total. The lowest BCUT2D eigenvalue weighted by molar-refractivity contribution is 0.122. The first-order valence-electron chi connectivity index (χ1n) is 7.01. The van der Waals surface area contributed by atoms with E-state index < -0.39 is 0 Å². The molecule has 0 atom stereocenters. The number of ether oxygens (including phenoxy) is 1. The molecule has 0 bridgehead atoms. The van der Waals surface area contributed by atoms with E-state index in [4.69, 9.17) is 10.5 Å². The summed E-state index contributed by atoms with van der Waals surface area (Å²) in [4.78, 5) is 6.43. The zero-order valence-corrected chi connectivity index (χ0v) is 12.1. The van der Waals surface area contributed by atoms with Crippen molar-refractivity contribution in [2.75, 3.05) is 36.9 Å². The molecule has 1 saturated heterocycles. The van der Waals surface area contributed by atoms with Crippen LogP contribution >= 0.6 is 0 Å². The van der Waals surface area contributed by atoms with Crippen LogP contribution in [0.2, 0.25) is 0 Å². The Bertz CT molecular complexity index is 626. The molecule has 0 amide bonds. The van der Waals surface area contributed by atoms with Gasteiger partial charge in [-0.2, -0.15) is 5.10 Å². The van der Waals surface area contributed by atoms with Crippen molar-refractivity contribution in [3.63, 3.8) is 0 Å². The van der Waals surface area contributed by atoms with E-state index in [1.807, 2.05) is 19.1 Å². The summed E-state index contributed by atoms with van der Waals surface area (Å²) >= 11 is 0. The maximum Gasteiger partial charge on any atom is 0.221 e. The van der Waals surface area contributed by atoms with E-state index in [0.29, 0.717) is 5.95 Å². The number of aromatic nitrogens is 2. The SMILES string of the molecule is Cc1cn(N=Cc2ccc(N3CCOCC3)cc2)c(N)n1. The average molecular weight is 285 g/mol. The molecule has 1 fully saturated rings. The van der Waals surface area contributed by atoms with Gasteiger partial charge >= 0.3 is 0 Å². The molecule has 0 radical (unpaired) electrons. The summed E-state index contributed by atoms with van der Waals surface area (Å²) in [6, 6.07) is 8.31. The summed E-state index contributed by atoms with van der Waals surface area (Å²) in [5, 5.41) is 4.31. The summed E-state index contributed by atoms with van der Waals surface area (Å²) in [6.07, 6.45) is 3.58. The third-order valence-electron chi connectivity index (χ3n) is 3.44. The fourth-order valence-electron chi connectivity index (χ4n) is 2.32. The zero-order valence-electron chi connectivity index (χ0n) is 12.1. The van der Waals surface area contributed by atoms with Crippen molar-refractivity contribution in [2.45, 2.75) is 6.92 Å². The standard InChI is InChI=1S/C15H19N5O/c1-12-11-20(15(16)18-12)17-10-13-2-4-14(5-3-13)19-6-8-21-9-7-19/h2-5,10-11H,6-9H2,1H3,(H2,16,18). The number of imidazole rings is 1. The minimum absolute atomic E-state index is 0.397. The number of aryl methyl sites for hydroxylation is 1. The van der Waals surface area contributed by atoms with Gasteiger partial charge in [0, 0.05) is 18.8 Å². The smallest absolute Gasteiger partial charge is 0.221 e. The lowest BCUT2D eigenvalue weighted by atomic mass is 10.2. The van der Waals surface area contributed by atoms with Crippen molar-refractivity contribution in [3.8, 4) is 0 Å². The minimum Gasteiger partial charge on any atom is -0.378 e. The molecule has 2 heterocycles. The second-order valence-corrected chi connectivity index (χ2v) is 5.02. The average Bonchev–Trinajstić information content (AvgIpc) is 2.84. The second kappa shape index (κ2) is 5.97. The van der Waals surface area contributed by atoms with Gasteiger partial charge in [0.05, 0.1) is 31.3 Å².